The van der Waals surface area contributed by atoms with Gasteiger partial charge in [0.25, 0.3) is 10.0 Å². The minimum Gasteiger partial charge on any atom is -0.326 e. The van der Waals surface area contributed by atoms with Crippen LogP contribution < -0.4 is 5.73 Å². The number of hydrogen-bond acceptors (Lipinski definition) is 4. The van der Waals surface area contributed by atoms with Gasteiger partial charge in [-0.15, -0.1) is 11.3 Å². The van der Waals surface area contributed by atoms with E-state index in [2.05, 4.69) is 0 Å². The van der Waals surface area contributed by atoms with E-state index >= 15 is 0 Å². The Bertz CT molecular complexity index is 606. The number of piperidine rings is 1. The molecule has 1 aliphatic carbocycles. The summed E-state index contributed by atoms with van der Waals surface area (Å²) in [5.74, 6) is 0. The van der Waals surface area contributed by atoms with E-state index in [0.717, 1.165) is 23.3 Å². The summed E-state index contributed by atoms with van der Waals surface area (Å²) >= 11 is 1.33. The minimum absolute atomic E-state index is 0.412. The van der Waals surface area contributed by atoms with Crippen LogP contribution in [0.4, 0.5) is 0 Å². The molecule has 3 rings (SSSR count). The second-order valence-electron chi connectivity index (χ2n) is 6.49. The molecular formula is C15H24N2O2S2. The first-order valence-electron chi connectivity index (χ1n) is 7.76. The average Bonchev–Trinajstić information content (AvgIpc) is 3.07. The number of thiophene rings is 1. The molecule has 4 nitrogen and oxygen atoms in total. The maximum Gasteiger partial charge on any atom is 0.252 e. The monoisotopic (exact) mass is 328 g/mol. The van der Waals surface area contributed by atoms with Gasteiger partial charge in [-0.3, -0.25) is 0 Å². The Balaban J connectivity index is 1.76. The topological polar surface area (TPSA) is 63.4 Å². The molecule has 2 N–H and O–H groups in total. The first kappa shape index (κ1) is 15.5. The van der Waals surface area contributed by atoms with E-state index in [0.29, 0.717) is 29.3 Å². The van der Waals surface area contributed by atoms with E-state index in [-0.39, 0.29) is 0 Å². The summed E-state index contributed by atoms with van der Waals surface area (Å²) in [4.78, 5) is 0.970. The van der Waals surface area contributed by atoms with Crippen LogP contribution in [0.15, 0.2) is 10.3 Å². The van der Waals surface area contributed by atoms with E-state index in [1.165, 1.54) is 37.0 Å². The highest BCUT2D eigenvalue weighted by Gasteiger charge is 2.40. The van der Waals surface area contributed by atoms with E-state index in [1.54, 1.807) is 10.4 Å². The van der Waals surface area contributed by atoms with Gasteiger partial charge in [0.2, 0.25) is 0 Å². The highest BCUT2D eigenvalue weighted by atomic mass is 32.2. The number of nitrogens with two attached hydrogens (primary N) is 1. The first-order valence-corrected chi connectivity index (χ1v) is 10.0. The van der Waals surface area contributed by atoms with Crippen molar-refractivity contribution < 1.29 is 8.42 Å². The fourth-order valence-corrected chi connectivity index (χ4v) is 6.84. The van der Waals surface area contributed by atoms with Crippen molar-refractivity contribution >= 4 is 21.4 Å². The predicted molar refractivity (Wildman–Crippen MR) is 85.8 cm³/mol. The lowest BCUT2D eigenvalue weighted by atomic mass is 9.78. The molecule has 21 heavy (non-hydrogen) atoms. The lowest BCUT2D eigenvalue weighted by molar-refractivity contribution is 0.160. The summed E-state index contributed by atoms with van der Waals surface area (Å²) in [6.07, 6.45) is 7.26. The zero-order valence-corrected chi connectivity index (χ0v) is 14.2. The highest BCUT2D eigenvalue weighted by Crippen LogP contribution is 2.47. The maximum absolute atomic E-state index is 12.8. The Labute approximate surface area is 131 Å². The van der Waals surface area contributed by atoms with E-state index < -0.39 is 10.0 Å². The van der Waals surface area contributed by atoms with Gasteiger partial charge in [-0.2, -0.15) is 4.31 Å². The molecule has 1 saturated heterocycles. The average molecular weight is 329 g/mol. The molecule has 1 aromatic heterocycles. The first-order chi connectivity index (χ1) is 9.97. The fourth-order valence-electron chi connectivity index (χ4n) is 3.77. The van der Waals surface area contributed by atoms with Crippen molar-refractivity contribution in [3.63, 3.8) is 0 Å². The van der Waals surface area contributed by atoms with Gasteiger partial charge < -0.3 is 5.73 Å². The van der Waals surface area contributed by atoms with Crippen LogP contribution in [0.25, 0.3) is 0 Å². The molecule has 0 unspecified atom stereocenters. The van der Waals surface area contributed by atoms with Crippen molar-refractivity contribution in [3.8, 4) is 0 Å². The van der Waals surface area contributed by atoms with Crippen LogP contribution in [0.3, 0.4) is 0 Å². The highest BCUT2D eigenvalue weighted by molar-refractivity contribution is 7.91. The summed E-state index contributed by atoms with van der Waals surface area (Å²) < 4.78 is 27.7. The van der Waals surface area contributed by atoms with Crippen molar-refractivity contribution in [3.05, 3.63) is 16.5 Å². The summed E-state index contributed by atoms with van der Waals surface area (Å²) in [5, 5.41) is 0. The smallest absolute Gasteiger partial charge is 0.252 e. The van der Waals surface area contributed by atoms with Gasteiger partial charge in [-0.05, 0) is 49.7 Å². The van der Waals surface area contributed by atoms with Gasteiger partial charge >= 0.3 is 0 Å². The van der Waals surface area contributed by atoms with Crippen molar-refractivity contribution in [2.75, 3.05) is 13.1 Å². The molecule has 1 spiro atoms. The molecular weight excluding hydrogens is 304 g/mol. The summed E-state index contributed by atoms with van der Waals surface area (Å²) in [6.45, 7) is 3.70. The maximum atomic E-state index is 12.8. The largest absolute Gasteiger partial charge is 0.326 e. The van der Waals surface area contributed by atoms with E-state index in [1.807, 2.05) is 6.92 Å². The third-order valence-electron chi connectivity index (χ3n) is 5.22. The van der Waals surface area contributed by atoms with E-state index in [9.17, 15) is 8.42 Å². The molecule has 0 atom stereocenters. The zero-order valence-electron chi connectivity index (χ0n) is 12.6. The Morgan fingerprint density at radius 2 is 1.86 bits per heavy atom. The quantitative estimate of drug-likeness (QED) is 0.928. The Hall–Kier alpha value is -0.430. The van der Waals surface area contributed by atoms with Crippen LogP contribution in [-0.4, -0.2) is 25.8 Å². The second kappa shape index (κ2) is 5.65. The van der Waals surface area contributed by atoms with E-state index in [4.69, 9.17) is 5.73 Å². The van der Waals surface area contributed by atoms with Crippen LogP contribution in [0.1, 0.15) is 49.0 Å². The van der Waals surface area contributed by atoms with Crippen molar-refractivity contribution in [2.45, 2.75) is 56.2 Å². The molecule has 2 heterocycles. The number of sulfonamides is 1. The fraction of sp³-hybridized carbons (Fsp3) is 0.733. The number of nitrogens with zero attached hydrogens (tertiary/aromatic N) is 1. The number of rotatable bonds is 3. The van der Waals surface area contributed by atoms with Crippen LogP contribution >= 0.6 is 11.3 Å². The lowest BCUT2D eigenvalue weighted by Gasteiger charge is -2.38. The molecule has 6 heteroatoms. The molecule has 0 radical (unpaired) electrons. The third kappa shape index (κ3) is 2.79. The van der Waals surface area contributed by atoms with Crippen molar-refractivity contribution in [1.29, 1.82) is 0 Å². The zero-order chi connectivity index (χ0) is 15.1. The van der Waals surface area contributed by atoms with Gasteiger partial charge in [-0.25, -0.2) is 8.42 Å². The molecule has 0 aromatic carbocycles. The van der Waals surface area contributed by atoms with Gasteiger partial charge in [0.1, 0.15) is 4.21 Å². The molecule has 1 saturated carbocycles. The van der Waals surface area contributed by atoms with Crippen molar-refractivity contribution in [2.24, 2.45) is 11.1 Å². The van der Waals surface area contributed by atoms with Gasteiger partial charge in [0, 0.05) is 24.5 Å². The Kier molecular flexibility index (Phi) is 4.16. The van der Waals surface area contributed by atoms with Crippen LogP contribution in [0, 0.1) is 12.3 Å². The molecule has 1 aliphatic heterocycles. The van der Waals surface area contributed by atoms with Crippen LogP contribution in [0.5, 0.6) is 0 Å². The van der Waals surface area contributed by atoms with Crippen LogP contribution in [0.2, 0.25) is 0 Å². The third-order valence-corrected chi connectivity index (χ3v) is 8.83. The normalized spacial score (nSPS) is 23.0. The Morgan fingerprint density at radius 3 is 2.38 bits per heavy atom. The van der Waals surface area contributed by atoms with Gasteiger partial charge in [-0.1, -0.05) is 12.8 Å². The number of hydrogen-bond donors (Lipinski definition) is 1. The Morgan fingerprint density at radius 1 is 1.24 bits per heavy atom. The SMILES string of the molecule is Cc1cc(S(=O)(=O)N2CCC3(CCCC3)CC2)sc1CN. The molecule has 1 aromatic rings. The number of aryl methyl sites for hydroxylation is 1. The molecule has 118 valence electrons. The minimum atomic E-state index is -3.32. The molecule has 2 fully saturated rings. The molecule has 2 aliphatic rings. The van der Waals surface area contributed by atoms with Crippen molar-refractivity contribution in [1.82, 2.24) is 4.31 Å². The van der Waals surface area contributed by atoms with Gasteiger partial charge in [0.15, 0.2) is 0 Å². The van der Waals surface area contributed by atoms with Gasteiger partial charge in [0.05, 0.1) is 0 Å². The van der Waals surface area contributed by atoms with Crippen LogP contribution in [-0.2, 0) is 16.6 Å². The summed E-state index contributed by atoms with van der Waals surface area (Å²) in [7, 11) is -3.32. The second-order valence-corrected chi connectivity index (χ2v) is 9.79. The summed E-state index contributed by atoms with van der Waals surface area (Å²) in [5.41, 5.74) is 7.10. The lowest BCUT2D eigenvalue weighted by Crippen LogP contribution is -2.41. The molecule has 0 amide bonds. The summed E-state index contributed by atoms with van der Waals surface area (Å²) in [6, 6.07) is 1.78. The predicted octanol–water partition coefficient (Wildman–Crippen LogP) is 2.86. The standard InChI is InChI=1S/C15H24N2O2S2/c1-12-10-14(20-13(12)11-16)21(18,19)17-8-6-15(7-9-17)4-2-3-5-15/h10H,2-9,11,16H2,1H3. The molecule has 0 bridgehead atoms.